The van der Waals surface area contributed by atoms with Crippen molar-refractivity contribution >= 4 is 6.16 Å². The molecule has 3 N–H and O–H groups in total. The van der Waals surface area contributed by atoms with Gasteiger partial charge in [0.2, 0.25) is 0 Å². The van der Waals surface area contributed by atoms with E-state index in [1.165, 1.54) is 0 Å². The zero-order valence-corrected chi connectivity index (χ0v) is 7.60. The number of hydrogen-bond acceptors (Lipinski definition) is 2. The fraction of sp³-hybridized carbons (Fsp3) is 0.667. The maximum Gasteiger partial charge on any atom is 0.503 e. The molecule has 5 heteroatoms. The number of carbonyl (C=O) groups is 1. The molecule has 0 atom stereocenters. The van der Waals surface area contributed by atoms with E-state index in [0.717, 1.165) is 0 Å². The van der Waals surface area contributed by atoms with E-state index in [4.69, 9.17) is 20.1 Å². The van der Waals surface area contributed by atoms with Crippen LogP contribution in [0.1, 0.15) is 6.92 Å². The van der Waals surface area contributed by atoms with Gasteiger partial charge in [-0.25, -0.2) is 4.79 Å². The Morgan fingerprint density at radius 2 is 1.50 bits per heavy atom. The van der Waals surface area contributed by atoms with Crippen molar-refractivity contribution in [1.29, 1.82) is 0 Å². The molecule has 0 aliphatic heterocycles. The molecule has 0 aliphatic carbocycles. The summed E-state index contributed by atoms with van der Waals surface area (Å²) in [5.41, 5.74) is 0. The first-order valence-electron chi connectivity index (χ1n) is 1.67. The van der Waals surface area contributed by atoms with Gasteiger partial charge in [-0.05, 0) is 6.92 Å². The van der Waals surface area contributed by atoms with E-state index in [9.17, 15) is 0 Å². The summed E-state index contributed by atoms with van der Waals surface area (Å²) >= 11 is 0. The van der Waals surface area contributed by atoms with Gasteiger partial charge < -0.3 is 15.3 Å². The van der Waals surface area contributed by atoms with Crippen LogP contribution in [0.4, 0.5) is 4.79 Å². The van der Waals surface area contributed by atoms with E-state index in [-0.39, 0.29) is 48.4 Å². The minimum atomic E-state index is -1.83. The molecule has 0 saturated heterocycles. The molecule has 8 heavy (non-hydrogen) atoms. The molecule has 0 unspecified atom stereocenters. The summed E-state index contributed by atoms with van der Waals surface area (Å²) < 4.78 is 0. The Kier molecular flexibility index (Phi) is 31.0. The van der Waals surface area contributed by atoms with Crippen molar-refractivity contribution in [1.82, 2.24) is 0 Å². The quantitative estimate of drug-likeness (QED) is 0.573. The van der Waals surface area contributed by atoms with Crippen LogP contribution >= 0.6 is 0 Å². The van der Waals surface area contributed by atoms with Crippen LogP contribution in [-0.2, 0) is 0 Å². The monoisotopic (exact) mass is 248 g/mol. The second kappa shape index (κ2) is 15.6. The minimum Gasteiger partial charge on any atom is -0.450 e. The summed E-state index contributed by atoms with van der Waals surface area (Å²) in [7, 11) is 0. The van der Waals surface area contributed by atoms with Gasteiger partial charge in [0.25, 0.3) is 0 Å². The summed E-state index contributed by atoms with van der Waals surface area (Å²) in [4.78, 5) is 8.56. The fourth-order valence-corrected chi connectivity index (χ4v) is 0. The molecule has 0 spiro atoms. The maximum atomic E-state index is 8.56. The number of carboxylic acid groups (broad SMARTS) is 2. The molecule has 4 nitrogen and oxygen atoms in total. The van der Waals surface area contributed by atoms with Crippen LogP contribution < -0.4 is 0 Å². The average Bonchev–Trinajstić information content (AvgIpc) is 1.33. The van der Waals surface area contributed by atoms with Crippen molar-refractivity contribution in [2.24, 2.45) is 0 Å². The van der Waals surface area contributed by atoms with E-state index in [0.29, 0.717) is 0 Å². The van der Waals surface area contributed by atoms with Gasteiger partial charge in [-0.3, -0.25) is 0 Å². The molecule has 0 aromatic rings. The van der Waals surface area contributed by atoms with Crippen LogP contribution in [0.2, 0.25) is 0 Å². The molecule has 0 bridgehead atoms. The first-order chi connectivity index (χ1) is 3.15. The van der Waals surface area contributed by atoms with Crippen LogP contribution in [-0.4, -0.2) is 28.1 Å². The van der Waals surface area contributed by atoms with Crippen molar-refractivity contribution in [3.8, 4) is 0 Å². The summed E-state index contributed by atoms with van der Waals surface area (Å²) in [6.07, 6.45) is -1.83. The Balaban J connectivity index is -0.0000000575. The number of hydrogen-bond donors (Lipinski definition) is 3. The Morgan fingerprint density at radius 3 is 1.50 bits per heavy atom. The second-order valence-electron chi connectivity index (χ2n) is 0.599. The predicted octanol–water partition coefficient (Wildman–Crippen LogP) is 0.221. The Labute approximate surface area is 80.9 Å². The predicted molar refractivity (Wildman–Crippen MR) is 23.4 cm³/mol. The largest absolute Gasteiger partial charge is 0.503 e. The summed E-state index contributed by atoms with van der Waals surface area (Å²) in [6, 6.07) is 0. The minimum absolute atomic E-state index is 0. The molecule has 0 rings (SSSR count). The number of rotatable bonds is 0. The third kappa shape index (κ3) is 564. The van der Waals surface area contributed by atoms with Crippen molar-refractivity contribution in [2.75, 3.05) is 6.61 Å². The third-order valence-corrected chi connectivity index (χ3v) is 0. The summed E-state index contributed by atoms with van der Waals surface area (Å²) in [5, 5.41) is 21.5. The van der Waals surface area contributed by atoms with Gasteiger partial charge in [0, 0.05) is 48.4 Å². The topological polar surface area (TPSA) is 77.8 Å². The molecule has 0 radical (unpaired) electrons. The molecule has 0 heterocycles. The van der Waals surface area contributed by atoms with Crippen LogP contribution in [0.3, 0.4) is 0 Å². The van der Waals surface area contributed by atoms with E-state index in [1.807, 2.05) is 0 Å². The normalized spacial score (nSPS) is 5.25. The molecular weight excluding hydrogens is 240 g/mol. The Morgan fingerprint density at radius 1 is 1.50 bits per heavy atom. The van der Waals surface area contributed by atoms with Crippen LogP contribution in [0, 0.1) is 41.7 Å². The Bertz CT molecular complexity index is 42.5. The molecule has 0 fully saturated rings. The van der Waals surface area contributed by atoms with Crippen molar-refractivity contribution < 1.29 is 61.9 Å². The zero-order valence-electron chi connectivity index (χ0n) is 4.46. The smallest absolute Gasteiger partial charge is 0.450 e. The van der Waals surface area contributed by atoms with Gasteiger partial charge >= 0.3 is 6.16 Å². The van der Waals surface area contributed by atoms with E-state index in [1.54, 1.807) is 6.92 Å². The summed E-state index contributed by atoms with van der Waals surface area (Å²) in [5.74, 6) is 0. The van der Waals surface area contributed by atoms with Crippen molar-refractivity contribution in [3.05, 3.63) is 0 Å². The first kappa shape index (κ1) is 15.8. The molecule has 0 aromatic carbocycles. The molecule has 0 saturated carbocycles. The molecule has 0 aromatic heterocycles. The molecule has 0 aliphatic rings. The first-order valence-corrected chi connectivity index (χ1v) is 1.67. The van der Waals surface area contributed by atoms with Gasteiger partial charge in [0.15, 0.2) is 0 Å². The number of aliphatic hydroxyl groups is 1. The van der Waals surface area contributed by atoms with Crippen molar-refractivity contribution in [2.45, 2.75) is 6.92 Å². The van der Waals surface area contributed by atoms with Crippen molar-refractivity contribution in [3.63, 3.8) is 0 Å². The molecule has 48 valence electrons. The van der Waals surface area contributed by atoms with E-state index in [2.05, 4.69) is 0 Å². The Hall–Kier alpha value is 0.607. The molecular formula is C3H8CeO4. The molecule has 0 amide bonds. The maximum absolute atomic E-state index is 8.56. The van der Waals surface area contributed by atoms with Crippen LogP contribution in [0.5, 0.6) is 0 Å². The second-order valence-corrected chi connectivity index (χ2v) is 0.599. The van der Waals surface area contributed by atoms with Gasteiger partial charge in [-0.1, -0.05) is 0 Å². The zero-order chi connectivity index (χ0) is 6.28. The third-order valence-electron chi connectivity index (χ3n) is 0. The van der Waals surface area contributed by atoms with Gasteiger partial charge in [0.1, 0.15) is 0 Å². The summed E-state index contributed by atoms with van der Waals surface area (Å²) in [6.45, 7) is 1.93. The fourth-order valence-electron chi connectivity index (χ4n) is 0. The van der Waals surface area contributed by atoms with Gasteiger partial charge in [-0.2, -0.15) is 0 Å². The van der Waals surface area contributed by atoms with Gasteiger partial charge in [-0.15, -0.1) is 0 Å². The van der Waals surface area contributed by atoms with Crippen LogP contribution in [0.25, 0.3) is 0 Å². The average molecular weight is 248 g/mol. The SMILES string of the molecule is CCO.O=C(O)O.[Ce]. The number of aliphatic hydroxyl groups excluding tert-OH is 1. The van der Waals surface area contributed by atoms with E-state index >= 15 is 0 Å². The standard InChI is InChI=1S/C2H6O.CH2O3.Ce/c1-2-3;2-1(3)4;/h3H,2H2,1H3;(H2,2,3,4);. The van der Waals surface area contributed by atoms with E-state index < -0.39 is 6.16 Å². The van der Waals surface area contributed by atoms with Crippen LogP contribution in [0.15, 0.2) is 0 Å². The van der Waals surface area contributed by atoms with Gasteiger partial charge in [0.05, 0.1) is 0 Å².